The van der Waals surface area contributed by atoms with E-state index in [1.165, 1.54) is 0 Å². The Kier molecular flexibility index (Phi) is 8.98. The van der Waals surface area contributed by atoms with Crippen molar-refractivity contribution in [1.29, 1.82) is 0 Å². The SMILES string of the molecule is CCCCOCCOc1ccc(-c2ccc3c(c2)/C=C(/C(=O)OCC)CCCO3)cc1. The highest BCUT2D eigenvalue weighted by Gasteiger charge is 2.15. The van der Waals surface area contributed by atoms with Crippen molar-refractivity contribution in [2.24, 2.45) is 0 Å². The van der Waals surface area contributed by atoms with Gasteiger partial charge in [0.05, 0.1) is 19.8 Å². The van der Waals surface area contributed by atoms with Crippen LogP contribution in [0.15, 0.2) is 48.0 Å². The van der Waals surface area contributed by atoms with E-state index in [1.54, 1.807) is 0 Å². The lowest BCUT2D eigenvalue weighted by Crippen LogP contribution is -2.11. The third kappa shape index (κ3) is 6.86. The maximum absolute atomic E-state index is 12.3. The molecule has 5 heteroatoms. The maximum Gasteiger partial charge on any atom is 0.334 e. The molecule has 0 aliphatic carbocycles. The van der Waals surface area contributed by atoms with Gasteiger partial charge in [-0.25, -0.2) is 4.79 Å². The third-order valence-electron chi connectivity index (χ3n) is 5.05. The summed E-state index contributed by atoms with van der Waals surface area (Å²) >= 11 is 0. The quantitative estimate of drug-likeness (QED) is 0.363. The van der Waals surface area contributed by atoms with Crippen LogP contribution in [0.3, 0.4) is 0 Å². The monoisotopic (exact) mass is 424 g/mol. The van der Waals surface area contributed by atoms with Gasteiger partial charge in [0.15, 0.2) is 0 Å². The molecule has 5 nitrogen and oxygen atoms in total. The predicted molar refractivity (Wildman–Crippen MR) is 122 cm³/mol. The second kappa shape index (κ2) is 12.2. The molecule has 0 N–H and O–H groups in total. The van der Waals surface area contributed by atoms with Gasteiger partial charge in [-0.15, -0.1) is 0 Å². The van der Waals surface area contributed by atoms with Gasteiger partial charge in [-0.05, 0) is 67.7 Å². The van der Waals surface area contributed by atoms with E-state index in [0.717, 1.165) is 54.1 Å². The fourth-order valence-electron chi connectivity index (χ4n) is 3.37. The number of esters is 1. The van der Waals surface area contributed by atoms with E-state index in [9.17, 15) is 4.79 Å². The highest BCUT2D eigenvalue weighted by molar-refractivity contribution is 5.94. The highest BCUT2D eigenvalue weighted by atomic mass is 16.5. The lowest BCUT2D eigenvalue weighted by atomic mass is 9.99. The van der Waals surface area contributed by atoms with E-state index >= 15 is 0 Å². The molecule has 2 aromatic carbocycles. The first-order chi connectivity index (χ1) is 15.2. The Bertz CT molecular complexity index is 870. The fourth-order valence-corrected chi connectivity index (χ4v) is 3.37. The molecule has 0 saturated carbocycles. The van der Waals surface area contributed by atoms with Crippen LogP contribution in [0.4, 0.5) is 0 Å². The molecular weight excluding hydrogens is 392 g/mol. The maximum atomic E-state index is 12.3. The number of carbonyl (C=O) groups is 1. The van der Waals surface area contributed by atoms with Gasteiger partial charge in [-0.2, -0.15) is 0 Å². The smallest absolute Gasteiger partial charge is 0.334 e. The Morgan fingerprint density at radius 2 is 1.81 bits per heavy atom. The van der Waals surface area contributed by atoms with E-state index in [2.05, 4.69) is 13.0 Å². The van der Waals surface area contributed by atoms with Crippen LogP contribution in [0.1, 0.15) is 45.1 Å². The largest absolute Gasteiger partial charge is 0.493 e. The van der Waals surface area contributed by atoms with E-state index in [4.69, 9.17) is 18.9 Å². The molecule has 0 bridgehead atoms. The summed E-state index contributed by atoms with van der Waals surface area (Å²) in [5, 5.41) is 0. The number of unbranched alkanes of at least 4 members (excludes halogenated alkanes) is 1. The zero-order chi connectivity index (χ0) is 21.9. The minimum Gasteiger partial charge on any atom is -0.493 e. The molecule has 0 saturated heterocycles. The molecule has 3 rings (SSSR count). The van der Waals surface area contributed by atoms with Gasteiger partial charge in [-0.1, -0.05) is 31.5 Å². The van der Waals surface area contributed by atoms with Crippen LogP contribution in [0.5, 0.6) is 11.5 Å². The topological polar surface area (TPSA) is 54.0 Å². The van der Waals surface area contributed by atoms with Crippen molar-refractivity contribution in [3.8, 4) is 22.6 Å². The molecule has 0 spiro atoms. The highest BCUT2D eigenvalue weighted by Crippen LogP contribution is 2.31. The molecule has 2 aromatic rings. The van der Waals surface area contributed by atoms with Crippen LogP contribution in [0, 0.1) is 0 Å². The first-order valence-corrected chi connectivity index (χ1v) is 11.2. The zero-order valence-electron chi connectivity index (χ0n) is 18.5. The summed E-state index contributed by atoms with van der Waals surface area (Å²) in [5.74, 6) is 1.36. The minimum absolute atomic E-state index is 0.249. The number of carbonyl (C=O) groups excluding carboxylic acids is 1. The van der Waals surface area contributed by atoms with E-state index in [-0.39, 0.29) is 5.97 Å². The van der Waals surface area contributed by atoms with Gasteiger partial charge in [0.1, 0.15) is 18.1 Å². The third-order valence-corrected chi connectivity index (χ3v) is 5.05. The molecule has 0 aromatic heterocycles. The minimum atomic E-state index is -0.249. The van der Waals surface area contributed by atoms with Crippen molar-refractivity contribution in [3.05, 3.63) is 53.6 Å². The van der Waals surface area contributed by atoms with E-state index < -0.39 is 0 Å². The summed E-state index contributed by atoms with van der Waals surface area (Å²) in [4.78, 5) is 12.3. The van der Waals surface area contributed by atoms with Crippen LogP contribution >= 0.6 is 0 Å². The Morgan fingerprint density at radius 3 is 2.58 bits per heavy atom. The summed E-state index contributed by atoms with van der Waals surface area (Å²) in [5.41, 5.74) is 3.71. The molecule has 0 radical (unpaired) electrons. The summed E-state index contributed by atoms with van der Waals surface area (Å²) in [6.45, 7) is 6.85. The normalized spacial score (nSPS) is 15.0. The Balaban J connectivity index is 1.69. The number of ether oxygens (including phenoxy) is 4. The van der Waals surface area contributed by atoms with Crippen LogP contribution in [-0.4, -0.2) is 39.0 Å². The summed E-state index contributed by atoms with van der Waals surface area (Å²) in [6.07, 6.45) is 5.55. The van der Waals surface area contributed by atoms with E-state index in [1.807, 2.05) is 49.4 Å². The Labute approximate surface area is 185 Å². The van der Waals surface area contributed by atoms with Crippen LogP contribution in [0.25, 0.3) is 17.2 Å². The molecule has 0 amide bonds. The molecule has 0 atom stereocenters. The van der Waals surface area contributed by atoms with Crippen molar-refractivity contribution in [3.63, 3.8) is 0 Å². The number of hydrogen-bond acceptors (Lipinski definition) is 5. The molecule has 31 heavy (non-hydrogen) atoms. The first-order valence-electron chi connectivity index (χ1n) is 11.2. The lowest BCUT2D eigenvalue weighted by Gasteiger charge is -2.16. The molecule has 1 aliphatic heterocycles. The van der Waals surface area contributed by atoms with Crippen molar-refractivity contribution < 1.29 is 23.7 Å². The van der Waals surface area contributed by atoms with Crippen molar-refractivity contribution in [2.75, 3.05) is 33.0 Å². The lowest BCUT2D eigenvalue weighted by molar-refractivity contribution is -0.138. The predicted octanol–water partition coefficient (Wildman–Crippen LogP) is 5.67. The molecule has 0 unspecified atom stereocenters. The van der Waals surface area contributed by atoms with Gasteiger partial charge in [-0.3, -0.25) is 0 Å². The molecule has 1 aliphatic rings. The van der Waals surface area contributed by atoms with Crippen molar-refractivity contribution >= 4 is 12.0 Å². The summed E-state index contributed by atoms with van der Waals surface area (Å²) in [6, 6.07) is 14.1. The van der Waals surface area contributed by atoms with Gasteiger partial charge < -0.3 is 18.9 Å². The molecular formula is C26H32O5. The standard InChI is InChI=1S/C26H32O5/c1-3-5-14-28-16-17-30-24-11-8-20(9-12-24)21-10-13-25-23(18-21)19-22(7-6-15-31-25)26(27)29-4-2/h8-13,18-19H,3-7,14-17H2,1-2H3/b22-19+. The fraction of sp³-hybridized carbons (Fsp3) is 0.423. The number of hydrogen-bond donors (Lipinski definition) is 0. The number of rotatable bonds is 10. The van der Waals surface area contributed by atoms with Crippen LogP contribution in [0.2, 0.25) is 0 Å². The van der Waals surface area contributed by atoms with Gasteiger partial charge >= 0.3 is 5.97 Å². The average Bonchev–Trinajstić information content (AvgIpc) is 2.77. The van der Waals surface area contributed by atoms with Crippen LogP contribution < -0.4 is 9.47 Å². The second-order valence-corrected chi connectivity index (χ2v) is 7.43. The van der Waals surface area contributed by atoms with Crippen LogP contribution in [-0.2, 0) is 14.3 Å². The summed E-state index contributed by atoms with van der Waals surface area (Å²) < 4.78 is 22.4. The molecule has 166 valence electrons. The molecule has 0 fully saturated rings. The van der Waals surface area contributed by atoms with Gasteiger partial charge in [0.2, 0.25) is 0 Å². The Morgan fingerprint density at radius 1 is 1.00 bits per heavy atom. The summed E-state index contributed by atoms with van der Waals surface area (Å²) in [7, 11) is 0. The average molecular weight is 425 g/mol. The number of benzene rings is 2. The van der Waals surface area contributed by atoms with Gasteiger partial charge in [0, 0.05) is 17.7 Å². The van der Waals surface area contributed by atoms with E-state index in [0.29, 0.717) is 38.4 Å². The Hall–Kier alpha value is -2.79. The van der Waals surface area contributed by atoms with Crippen molar-refractivity contribution in [2.45, 2.75) is 39.5 Å². The zero-order valence-corrected chi connectivity index (χ0v) is 18.5. The second-order valence-electron chi connectivity index (χ2n) is 7.43. The number of fused-ring (bicyclic) bond motifs is 1. The van der Waals surface area contributed by atoms with Gasteiger partial charge in [0.25, 0.3) is 0 Å². The first kappa shape index (κ1) is 22.9. The molecule has 1 heterocycles. The van der Waals surface area contributed by atoms with Crippen molar-refractivity contribution in [1.82, 2.24) is 0 Å².